The van der Waals surface area contributed by atoms with Crippen LogP contribution in [0.3, 0.4) is 0 Å². The summed E-state index contributed by atoms with van der Waals surface area (Å²) in [6.45, 7) is 2.96. The number of aromatic nitrogens is 1. The van der Waals surface area contributed by atoms with Gasteiger partial charge in [0.2, 0.25) is 0 Å². The van der Waals surface area contributed by atoms with Crippen molar-refractivity contribution >= 4 is 21.9 Å². The van der Waals surface area contributed by atoms with Crippen LogP contribution in [0.5, 0.6) is 0 Å². The lowest BCUT2D eigenvalue weighted by molar-refractivity contribution is -0.142. The van der Waals surface area contributed by atoms with E-state index in [1.165, 1.54) is 0 Å². The molecule has 1 aromatic rings. The summed E-state index contributed by atoms with van der Waals surface area (Å²) in [5.74, 6) is -0.243. The van der Waals surface area contributed by atoms with Gasteiger partial charge in [0, 0.05) is 6.54 Å². The van der Waals surface area contributed by atoms with Crippen molar-refractivity contribution in [1.82, 2.24) is 10.3 Å². The molecule has 1 aromatic heterocycles. The summed E-state index contributed by atoms with van der Waals surface area (Å²) in [6, 6.07) is 5.65. The molecular weight excluding hydrogens is 260 g/mol. The summed E-state index contributed by atoms with van der Waals surface area (Å²) in [7, 11) is 0. The first-order valence-corrected chi connectivity index (χ1v) is 5.49. The molecule has 1 heterocycles. The van der Waals surface area contributed by atoms with Gasteiger partial charge >= 0.3 is 5.97 Å². The Hall–Kier alpha value is -0.940. The SMILES string of the molecule is CCOC(=O)CNCc1cccc(Br)n1. The van der Waals surface area contributed by atoms with Gasteiger partial charge in [-0.3, -0.25) is 4.79 Å². The van der Waals surface area contributed by atoms with E-state index in [-0.39, 0.29) is 12.5 Å². The van der Waals surface area contributed by atoms with E-state index in [4.69, 9.17) is 4.74 Å². The summed E-state index contributed by atoms with van der Waals surface area (Å²) < 4.78 is 5.56. The largest absolute Gasteiger partial charge is 0.465 e. The number of hydrogen-bond acceptors (Lipinski definition) is 4. The van der Waals surface area contributed by atoms with Crippen LogP contribution in [0, 0.1) is 0 Å². The molecule has 4 nitrogen and oxygen atoms in total. The Balaban J connectivity index is 2.28. The fourth-order valence-corrected chi connectivity index (χ4v) is 1.43. The Morgan fingerprint density at radius 2 is 2.40 bits per heavy atom. The summed E-state index contributed by atoms with van der Waals surface area (Å²) in [5, 5.41) is 2.96. The van der Waals surface area contributed by atoms with Gasteiger partial charge in [0.15, 0.2) is 0 Å². The number of carbonyl (C=O) groups is 1. The Morgan fingerprint density at radius 1 is 1.60 bits per heavy atom. The normalized spacial score (nSPS) is 10.0. The molecule has 0 amide bonds. The number of nitrogens with zero attached hydrogens (tertiary/aromatic N) is 1. The molecule has 0 spiro atoms. The van der Waals surface area contributed by atoms with E-state index in [1.54, 1.807) is 6.92 Å². The molecule has 0 aliphatic heterocycles. The summed E-state index contributed by atoms with van der Waals surface area (Å²) in [5.41, 5.74) is 0.883. The van der Waals surface area contributed by atoms with Crippen molar-refractivity contribution in [3.63, 3.8) is 0 Å². The monoisotopic (exact) mass is 272 g/mol. The number of nitrogens with one attached hydrogen (secondary N) is 1. The minimum atomic E-state index is -0.243. The zero-order valence-electron chi connectivity index (χ0n) is 8.50. The van der Waals surface area contributed by atoms with Crippen molar-refractivity contribution in [2.45, 2.75) is 13.5 Å². The zero-order chi connectivity index (χ0) is 11.1. The predicted molar refractivity (Wildman–Crippen MR) is 60.3 cm³/mol. The van der Waals surface area contributed by atoms with Crippen LogP contribution in [0.1, 0.15) is 12.6 Å². The second-order valence-corrected chi connectivity index (χ2v) is 3.67. The van der Waals surface area contributed by atoms with Gasteiger partial charge < -0.3 is 10.1 Å². The van der Waals surface area contributed by atoms with Gasteiger partial charge in [-0.05, 0) is 35.0 Å². The second-order valence-electron chi connectivity index (χ2n) is 2.86. The van der Waals surface area contributed by atoms with Crippen molar-refractivity contribution in [3.8, 4) is 0 Å². The summed E-state index contributed by atoms with van der Waals surface area (Å²) in [6.07, 6.45) is 0. The minimum Gasteiger partial charge on any atom is -0.465 e. The highest BCUT2D eigenvalue weighted by Gasteiger charge is 2.01. The first kappa shape index (κ1) is 12.1. The minimum absolute atomic E-state index is 0.210. The number of carbonyl (C=O) groups excluding carboxylic acids is 1. The molecule has 1 rings (SSSR count). The lowest BCUT2D eigenvalue weighted by Crippen LogP contribution is -2.24. The van der Waals surface area contributed by atoms with Gasteiger partial charge in [-0.15, -0.1) is 0 Å². The van der Waals surface area contributed by atoms with E-state index in [0.717, 1.165) is 10.3 Å². The fraction of sp³-hybridized carbons (Fsp3) is 0.400. The topological polar surface area (TPSA) is 51.2 Å². The number of esters is 1. The Bertz CT molecular complexity index is 331. The van der Waals surface area contributed by atoms with Crippen LogP contribution >= 0.6 is 15.9 Å². The van der Waals surface area contributed by atoms with Crippen molar-refractivity contribution in [2.24, 2.45) is 0 Å². The standard InChI is InChI=1S/C10H13BrN2O2/c1-2-15-10(14)7-12-6-8-4-3-5-9(11)13-8/h3-5,12H,2,6-7H2,1H3. The number of halogens is 1. The molecule has 0 bridgehead atoms. The van der Waals surface area contributed by atoms with Crippen LogP contribution in [0.15, 0.2) is 22.8 Å². The predicted octanol–water partition coefficient (Wildman–Crippen LogP) is 1.50. The Labute approximate surface area is 97.2 Å². The summed E-state index contributed by atoms with van der Waals surface area (Å²) >= 11 is 3.28. The maximum atomic E-state index is 11.0. The van der Waals surface area contributed by atoms with Gasteiger partial charge in [-0.25, -0.2) is 4.98 Å². The third-order valence-electron chi connectivity index (χ3n) is 1.65. The van der Waals surface area contributed by atoms with Gasteiger partial charge in [-0.1, -0.05) is 6.07 Å². The average molecular weight is 273 g/mol. The molecule has 0 aromatic carbocycles. The third kappa shape index (κ3) is 4.90. The lowest BCUT2D eigenvalue weighted by atomic mass is 10.3. The first-order chi connectivity index (χ1) is 7.22. The van der Waals surface area contributed by atoms with Crippen molar-refractivity contribution in [1.29, 1.82) is 0 Å². The molecule has 5 heteroatoms. The molecule has 0 aliphatic carbocycles. The molecule has 1 N–H and O–H groups in total. The van der Waals surface area contributed by atoms with Gasteiger partial charge in [0.1, 0.15) is 4.60 Å². The van der Waals surface area contributed by atoms with Gasteiger partial charge in [-0.2, -0.15) is 0 Å². The van der Waals surface area contributed by atoms with Crippen LogP contribution in [-0.4, -0.2) is 24.1 Å². The lowest BCUT2D eigenvalue weighted by Gasteiger charge is -2.04. The van der Waals surface area contributed by atoms with Crippen molar-refractivity contribution in [2.75, 3.05) is 13.2 Å². The Morgan fingerprint density at radius 3 is 3.07 bits per heavy atom. The quantitative estimate of drug-likeness (QED) is 0.652. The van der Waals surface area contributed by atoms with Gasteiger partial charge in [0.05, 0.1) is 18.8 Å². The van der Waals surface area contributed by atoms with E-state index in [2.05, 4.69) is 26.2 Å². The second kappa shape index (κ2) is 6.53. The molecule has 0 unspecified atom stereocenters. The van der Waals surface area contributed by atoms with Crippen LogP contribution in [0.25, 0.3) is 0 Å². The average Bonchev–Trinajstić information content (AvgIpc) is 2.18. The van der Waals surface area contributed by atoms with Gasteiger partial charge in [0.25, 0.3) is 0 Å². The number of hydrogen-bond donors (Lipinski definition) is 1. The summed E-state index contributed by atoms with van der Waals surface area (Å²) in [4.78, 5) is 15.2. The smallest absolute Gasteiger partial charge is 0.319 e. The molecule has 82 valence electrons. The number of pyridine rings is 1. The number of ether oxygens (including phenoxy) is 1. The van der Waals surface area contributed by atoms with E-state index in [9.17, 15) is 4.79 Å². The van der Waals surface area contributed by atoms with Crippen LogP contribution in [0.4, 0.5) is 0 Å². The number of rotatable bonds is 5. The highest BCUT2D eigenvalue weighted by atomic mass is 79.9. The van der Waals surface area contributed by atoms with Crippen LogP contribution in [-0.2, 0) is 16.1 Å². The molecule has 0 radical (unpaired) electrons. The van der Waals surface area contributed by atoms with Crippen LogP contribution in [0.2, 0.25) is 0 Å². The van der Waals surface area contributed by atoms with Crippen molar-refractivity contribution < 1.29 is 9.53 Å². The molecule has 0 saturated carbocycles. The Kier molecular flexibility index (Phi) is 5.28. The van der Waals surface area contributed by atoms with E-state index < -0.39 is 0 Å². The third-order valence-corrected chi connectivity index (χ3v) is 2.10. The first-order valence-electron chi connectivity index (χ1n) is 4.70. The maximum absolute atomic E-state index is 11.0. The molecule has 15 heavy (non-hydrogen) atoms. The van der Waals surface area contributed by atoms with E-state index >= 15 is 0 Å². The molecule has 0 aliphatic rings. The van der Waals surface area contributed by atoms with Crippen molar-refractivity contribution in [3.05, 3.63) is 28.5 Å². The fourth-order valence-electron chi connectivity index (χ4n) is 1.05. The molecule has 0 fully saturated rings. The van der Waals surface area contributed by atoms with E-state index in [0.29, 0.717) is 13.2 Å². The molecule has 0 saturated heterocycles. The highest BCUT2D eigenvalue weighted by Crippen LogP contribution is 2.05. The zero-order valence-corrected chi connectivity index (χ0v) is 10.1. The van der Waals surface area contributed by atoms with E-state index in [1.807, 2.05) is 18.2 Å². The molecule has 0 atom stereocenters. The maximum Gasteiger partial charge on any atom is 0.319 e. The van der Waals surface area contributed by atoms with Crippen LogP contribution < -0.4 is 5.32 Å². The molecular formula is C10H13BrN2O2. The highest BCUT2D eigenvalue weighted by molar-refractivity contribution is 9.10.